The lowest BCUT2D eigenvalue weighted by molar-refractivity contribution is 0.189. The van der Waals surface area contributed by atoms with Crippen LogP contribution in [0.2, 0.25) is 0 Å². The van der Waals surface area contributed by atoms with Gasteiger partial charge in [0.2, 0.25) is 0 Å². The minimum atomic E-state index is 0.488. The highest BCUT2D eigenvalue weighted by molar-refractivity contribution is 5.80. The van der Waals surface area contributed by atoms with Gasteiger partial charge in [0, 0.05) is 38.6 Å². The van der Waals surface area contributed by atoms with Crippen LogP contribution in [0.5, 0.6) is 0 Å². The van der Waals surface area contributed by atoms with Gasteiger partial charge in [0.05, 0.1) is 12.4 Å². The number of aromatic nitrogens is 2. The van der Waals surface area contributed by atoms with Crippen molar-refractivity contribution in [3.8, 4) is 0 Å². The molecular formula is C18H31N5. The minimum Gasteiger partial charge on any atom is -0.357 e. The van der Waals surface area contributed by atoms with Crippen molar-refractivity contribution < 1.29 is 0 Å². The summed E-state index contributed by atoms with van der Waals surface area (Å²) in [7, 11) is 0. The lowest BCUT2D eigenvalue weighted by Crippen LogP contribution is -2.49. The predicted molar refractivity (Wildman–Crippen MR) is 94.6 cm³/mol. The molecule has 2 heterocycles. The Hall–Kier alpha value is -1.52. The number of imidazole rings is 1. The van der Waals surface area contributed by atoms with Crippen molar-refractivity contribution >= 4 is 5.96 Å². The van der Waals surface area contributed by atoms with E-state index in [2.05, 4.69) is 39.8 Å². The molecular weight excluding hydrogens is 286 g/mol. The minimum absolute atomic E-state index is 0.488. The van der Waals surface area contributed by atoms with Crippen molar-refractivity contribution in [2.75, 3.05) is 26.2 Å². The molecule has 2 aliphatic rings. The summed E-state index contributed by atoms with van der Waals surface area (Å²) < 4.78 is 2.26. The molecule has 1 aromatic rings. The van der Waals surface area contributed by atoms with Gasteiger partial charge in [0.15, 0.2) is 5.96 Å². The maximum Gasteiger partial charge on any atom is 0.193 e. The van der Waals surface area contributed by atoms with Crippen molar-refractivity contribution in [3.05, 3.63) is 18.7 Å². The zero-order valence-electron chi connectivity index (χ0n) is 14.6. The summed E-state index contributed by atoms with van der Waals surface area (Å²) >= 11 is 0. The maximum atomic E-state index is 4.97. The number of nitrogens with one attached hydrogen (secondary N) is 1. The fourth-order valence-electron chi connectivity index (χ4n) is 3.93. The van der Waals surface area contributed by atoms with Gasteiger partial charge in [0.1, 0.15) is 0 Å². The van der Waals surface area contributed by atoms with E-state index in [1.807, 2.05) is 12.5 Å². The molecule has 5 nitrogen and oxygen atoms in total. The monoisotopic (exact) mass is 317 g/mol. The molecule has 1 saturated heterocycles. The van der Waals surface area contributed by atoms with E-state index in [9.17, 15) is 0 Å². The van der Waals surface area contributed by atoms with Crippen LogP contribution in [-0.4, -0.2) is 46.6 Å². The first-order chi connectivity index (χ1) is 11.3. The maximum absolute atomic E-state index is 4.97. The van der Waals surface area contributed by atoms with E-state index in [0.29, 0.717) is 12.0 Å². The van der Waals surface area contributed by atoms with E-state index in [0.717, 1.165) is 38.1 Å². The fraction of sp³-hybridized carbons (Fsp3) is 0.778. The Morgan fingerprint density at radius 3 is 2.83 bits per heavy atom. The van der Waals surface area contributed by atoms with E-state index in [1.165, 1.54) is 32.1 Å². The molecule has 2 unspecified atom stereocenters. The summed E-state index contributed by atoms with van der Waals surface area (Å²) in [5.41, 5.74) is 0. The van der Waals surface area contributed by atoms with Gasteiger partial charge in [-0.25, -0.2) is 4.98 Å². The van der Waals surface area contributed by atoms with E-state index in [4.69, 9.17) is 4.99 Å². The van der Waals surface area contributed by atoms with Crippen LogP contribution in [-0.2, 0) is 0 Å². The zero-order chi connectivity index (χ0) is 16.1. The van der Waals surface area contributed by atoms with Crippen LogP contribution in [0.3, 0.4) is 0 Å². The van der Waals surface area contributed by atoms with E-state index >= 15 is 0 Å². The second-order valence-electron chi connectivity index (χ2n) is 7.13. The van der Waals surface area contributed by atoms with Gasteiger partial charge in [-0.2, -0.15) is 0 Å². The molecule has 1 aliphatic carbocycles. The number of likely N-dealkylation sites (tertiary alicyclic amines) is 1. The molecule has 1 aliphatic heterocycles. The van der Waals surface area contributed by atoms with Gasteiger partial charge in [-0.1, -0.05) is 19.8 Å². The zero-order valence-corrected chi connectivity index (χ0v) is 14.6. The fourth-order valence-corrected chi connectivity index (χ4v) is 3.93. The third kappa shape index (κ3) is 4.06. The predicted octanol–water partition coefficient (Wildman–Crippen LogP) is 2.92. The van der Waals surface area contributed by atoms with Gasteiger partial charge >= 0.3 is 0 Å². The molecule has 2 fully saturated rings. The van der Waals surface area contributed by atoms with Crippen LogP contribution in [0.25, 0.3) is 0 Å². The standard InChI is InChI=1S/C18H31N5/c1-3-20-18(21-12-16-6-4-5-7-16)22-10-8-15(2)17(13-22)23-11-9-19-14-23/h9,11,14-17H,3-8,10,12-13H2,1-2H3,(H,20,21). The Morgan fingerprint density at radius 1 is 1.30 bits per heavy atom. The highest BCUT2D eigenvalue weighted by Crippen LogP contribution is 2.28. The van der Waals surface area contributed by atoms with Crippen LogP contribution in [0.15, 0.2) is 23.7 Å². The smallest absolute Gasteiger partial charge is 0.193 e. The lowest BCUT2D eigenvalue weighted by atomic mass is 9.93. The van der Waals surface area contributed by atoms with E-state index in [-0.39, 0.29) is 0 Å². The van der Waals surface area contributed by atoms with Gasteiger partial charge in [-0.3, -0.25) is 4.99 Å². The molecule has 128 valence electrons. The summed E-state index contributed by atoms with van der Waals surface area (Å²) in [6.07, 6.45) is 12.6. The number of rotatable bonds is 4. The molecule has 0 spiro atoms. The largest absolute Gasteiger partial charge is 0.357 e. The Kier molecular flexibility index (Phi) is 5.57. The highest BCUT2D eigenvalue weighted by atomic mass is 15.3. The molecule has 23 heavy (non-hydrogen) atoms. The van der Waals surface area contributed by atoms with Crippen molar-refractivity contribution in [3.63, 3.8) is 0 Å². The van der Waals surface area contributed by atoms with Crippen LogP contribution in [0.4, 0.5) is 0 Å². The molecule has 1 N–H and O–H groups in total. The van der Waals surface area contributed by atoms with Gasteiger partial charge < -0.3 is 14.8 Å². The van der Waals surface area contributed by atoms with Crippen molar-refractivity contribution in [1.29, 1.82) is 0 Å². The summed E-state index contributed by atoms with van der Waals surface area (Å²) in [6.45, 7) is 8.56. The summed E-state index contributed by atoms with van der Waals surface area (Å²) in [5.74, 6) is 2.59. The number of guanidine groups is 1. The second kappa shape index (κ2) is 7.84. The molecule has 0 bridgehead atoms. The molecule has 0 radical (unpaired) electrons. The summed E-state index contributed by atoms with van der Waals surface area (Å²) in [4.78, 5) is 11.6. The van der Waals surface area contributed by atoms with E-state index < -0.39 is 0 Å². The van der Waals surface area contributed by atoms with Crippen LogP contribution >= 0.6 is 0 Å². The van der Waals surface area contributed by atoms with Gasteiger partial charge in [-0.15, -0.1) is 0 Å². The molecule has 1 saturated carbocycles. The molecule has 0 amide bonds. The number of hydrogen-bond donors (Lipinski definition) is 1. The summed E-state index contributed by atoms with van der Waals surface area (Å²) in [5, 5.41) is 3.51. The number of aliphatic imine (C=N–C) groups is 1. The lowest BCUT2D eigenvalue weighted by Gasteiger charge is -2.39. The molecule has 5 heteroatoms. The van der Waals surface area contributed by atoms with Gasteiger partial charge in [0.25, 0.3) is 0 Å². The average Bonchev–Trinajstić information content (AvgIpc) is 3.25. The second-order valence-corrected chi connectivity index (χ2v) is 7.13. The van der Waals surface area contributed by atoms with Gasteiger partial charge in [-0.05, 0) is 38.0 Å². The number of piperidine rings is 1. The van der Waals surface area contributed by atoms with Crippen molar-refractivity contribution in [2.24, 2.45) is 16.8 Å². The van der Waals surface area contributed by atoms with Crippen LogP contribution in [0, 0.1) is 11.8 Å². The SMILES string of the molecule is CCNC(=NCC1CCCC1)N1CCC(C)C(n2ccnc2)C1. The van der Waals surface area contributed by atoms with Crippen molar-refractivity contribution in [2.45, 2.75) is 52.0 Å². The first-order valence-corrected chi connectivity index (χ1v) is 9.28. The molecule has 2 atom stereocenters. The molecule has 0 aromatic carbocycles. The quantitative estimate of drug-likeness (QED) is 0.686. The number of nitrogens with zero attached hydrogens (tertiary/aromatic N) is 4. The third-order valence-corrected chi connectivity index (χ3v) is 5.43. The number of hydrogen-bond acceptors (Lipinski definition) is 2. The Morgan fingerprint density at radius 2 is 2.13 bits per heavy atom. The highest BCUT2D eigenvalue weighted by Gasteiger charge is 2.29. The summed E-state index contributed by atoms with van der Waals surface area (Å²) in [6, 6.07) is 0.488. The Labute approximate surface area is 140 Å². The first kappa shape index (κ1) is 16.3. The Bertz CT molecular complexity index is 490. The first-order valence-electron chi connectivity index (χ1n) is 9.28. The average molecular weight is 317 g/mol. The Balaban J connectivity index is 1.67. The van der Waals surface area contributed by atoms with Crippen molar-refractivity contribution in [1.82, 2.24) is 19.8 Å². The van der Waals surface area contributed by atoms with Crippen LogP contribution < -0.4 is 5.32 Å². The van der Waals surface area contributed by atoms with E-state index in [1.54, 1.807) is 0 Å². The molecule has 3 rings (SSSR count). The van der Waals surface area contributed by atoms with Crippen LogP contribution in [0.1, 0.15) is 52.0 Å². The normalized spacial score (nSPS) is 26.7. The third-order valence-electron chi connectivity index (χ3n) is 5.43. The topological polar surface area (TPSA) is 45.5 Å². The molecule has 1 aromatic heterocycles.